The molecule has 0 atom stereocenters. The van der Waals surface area contributed by atoms with Gasteiger partial charge in [0.25, 0.3) is 0 Å². The highest BCUT2D eigenvalue weighted by Gasteiger charge is 2.17. The largest absolute Gasteiger partial charge is 0.497 e. The summed E-state index contributed by atoms with van der Waals surface area (Å²) in [5.41, 5.74) is 3.28. The molecular weight excluding hydrogens is 371 g/mol. The molecule has 0 N–H and O–H groups in total. The summed E-state index contributed by atoms with van der Waals surface area (Å²) in [5, 5.41) is 4.68. The number of fused-ring (bicyclic) bond motifs is 1. The van der Waals surface area contributed by atoms with Gasteiger partial charge in [-0.25, -0.2) is 9.97 Å². The van der Waals surface area contributed by atoms with Crippen LogP contribution in [0.2, 0.25) is 0 Å². The second-order valence-corrected chi connectivity index (χ2v) is 6.70. The SMILES string of the molecule is COc1ccc(-c2nc(C(Cl)Cl)nc3cc(-c4ccccc4)nn23)cc1. The fourth-order valence-corrected chi connectivity index (χ4v) is 2.87. The summed E-state index contributed by atoms with van der Waals surface area (Å²) < 4.78 is 6.92. The Hall–Kier alpha value is -2.63. The first-order chi connectivity index (χ1) is 12.7. The van der Waals surface area contributed by atoms with Gasteiger partial charge in [0.15, 0.2) is 22.1 Å². The normalized spacial score (nSPS) is 11.2. The van der Waals surface area contributed by atoms with Gasteiger partial charge in [0.2, 0.25) is 0 Å². The summed E-state index contributed by atoms with van der Waals surface area (Å²) in [7, 11) is 1.63. The zero-order valence-corrected chi connectivity index (χ0v) is 15.3. The topological polar surface area (TPSA) is 52.3 Å². The minimum absolute atomic E-state index is 0.339. The summed E-state index contributed by atoms with van der Waals surface area (Å²) in [4.78, 5) is 8.13. The van der Waals surface area contributed by atoms with Gasteiger partial charge >= 0.3 is 0 Å². The quantitative estimate of drug-likeness (QED) is 0.467. The zero-order chi connectivity index (χ0) is 18.1. The highest BCUT2D eigenvalue weighted by molar-refractivity contribution is 6.43. The number of methoxy groups -OCH3 is 1. The zero-order valence-electron chi connectivity index (χ0n) is 13.8. The molecule has 0 aliphatic heterocycles. The Morgan fingerprint density at radius 3 is 2.31 bits per heavy atom. The standard InChI is InChI=1S/C19H14Cl2N4O/c1-26-14-9-7-13(8-10-14)19-23-18(17(20)21)22-16-11-15(24-25(16)19)12-5-3-2-4-6-12/h2-11,17H,1H3. The van der Waals surface area contributed by atoms with Gasteiger partial charge in [-0.05, 0) is 24.3 Å². The summed E-state index contributed by atoms with van der Waals surface area (Å²) in [5.74, 6) is 1.71. The van der Waals surface area contributed by atoms with Crippen LogP contribution in [0.5, 0.6) is 5.75 Å². The van der Waals surface area contributed by atoms with Gasteiger partial charge in [0.1, 0.15) is 5.75 Å². The number of benzene rings is 2. The molecule has 130 valence electrons. The third-order valence-electron chi connectivity index (χ3n) is 3.95. The lowest BCUT2D eigenvalue weighted by molar-refractivity contribution is 0.415. The molecule has 0 unspecified atom stereocenters. The molecule has 2 aromatic heterocycles. The molecule has 4 aromatic rings. The van der Waals surface area contributed by atoms with Gasteiger partial charge in [-0.1, -0.05) is 53.5 Å². The molecule has 4 rings (SSSR count). The molecule has 0 aliphatic rings. The maximum absolute atomic E-state index is 6.03. The van der Waals surface area contributed by atoms with E-state index < -0.39 is 4.84 Å². The number of nitrogens with zero attached hydrogens (tertiary/aromatic N) is 4. The van der Waals surface area contributed by atoms with Gasteiger partial charge in [0, 0.05) is 17.2 Å². The molecule has 0 radical (unpaired) electrons. The Balaban J connectivity index is 1.92. The number of halogens is 2. The molecule has 0 aliphatic carbocycles. The molecule has 5 nitrogen and oxygen atoms in total. The summed E-state index contributed by atoms with van der Waals surface area (Å²) in [6.07, 6.45) is 0. The number of hydrogen-bond acceptors (Lipinski definition) is 4. The second-order valence-electron chi connectivity index (χ2n) is 5.60. The monoisotopic (exact) mass is 384 g/mol. The molecule has 2 heterocycles. The fourth-order valence-electron chi connectivity index (χ4n) is 2.68. The van der Waals surface area contributed by atoms with Crippen LogP contribution in [0.4, 0.5) is 0 Å². The predicted molar refractivity (Wildman–Crippen MR) is 103 cm³/mol. The van der Waals surface area contributed by atoms with E-state index in [1.807, 2.05) is 60.7 Å². The molecule has 7 heteroatoms. The number of hydrogen-bond donors (Lipinski definition) is 0. The maximum Gasteiger partial charge on any atom is 0.167 e. The molecule has 0 fully saturated rings. The first kappa shape index (κ1) is 16.8. The van der Waals surface area contributed by atoms with Crippen LogP contribution in [0.1, 0.15) is 10.7 Å². The van der Waals surface area contributed by atoms with Crippen LogP contribution in [-0.4, -0.2) is 26.7 Å². The van der Waals surface area contributed by atoms with Crippen molar-refractivity contribution in [2.24, 2.45) is 0 Å². The van der Waals surface area contributed by atoms with Crippen molar-refractivity contribution in [1.29, 1.82) is 0 Å². The minimum Gasteiger partial charge on any atom is -0.497 e. The van der Waals surface area contributed by atoms with Crippen molar-refractivity contribution in [3.8, 4) is 28.4 Å². The highest BCUT2D eigenvalue weighted by atomic mass is 35.5. The van der Waals surface area contributed by atoms with Gasteiger partial charge in [-0.2, -0.15) is 9.61 Å². The van der Waals surface area contributed by atoms with E-state index in [9.17, 15) is 0 Å². The van der Waals surface area contributed by atoms with Crippen LogP contribution in [0, 0.1) is 0 Å². The van der Waals surface area contributed by atoms with Crippen LogP contribution in [0.3, 0.4) is 0 Å². The van der Waals surface area contributed by atoms with Gasteiger partial charge < -0.3 is 4.74 Å². The second kappa shape index (κ2) is 6.94. The van der Waals surface area contributed by atoms with Crippen LogP contribution < -0.4 is 4.74 Å². The molecule has 0 saturated carbocycles. The summed E-state index contributed by atoms with van der Waals surface area (Å²) in [6, 6.07) is 19.3. The van der Waals surface area contributed by atoms with Crippen LogP contribution in [0.25, 0.3) is 28.3 Å². The van der Waals surface area contributed by atoms with E-state index in [1.54, 1.807) is 11.6 Å². The lowest BCUT2D eigenvalue weighted by Crippen LogP contribution is -2.05. The van der Waals surface area contributed by atoms with E-state index in [-0.39, 0.29) is 0 Å². The van der Waals surface area contributed by atoms with E-state index >= 15 is 0 Å². The average molecular weight is 385 g/mol. The van der Waals surface area contributed by atoms with Crippen molar-refractivity contribution in [1.82, 2.24) is 19.6 Å². The van der Waals surface area contributed by atoms with Gasteiger partial charge in [-0.15, -0.1) is 0 Å². The molecule has 26 heavy (non-hydrogen) atoms. The third-order valence-corrected chi connectivity index (χ3v) is 4.34. The van der Waals surface area contributed by atoms with Crippen molar-refractivity contribution in [3.63, 3.8) is 0 Å². The predicted octanol–water partition coefficient (Wildman–Crippen LogP) is 4.94. The number of alkyl halides is 2. The van der Waals surface area contributed by atoms with E-state index in [4.69, 9.17) is 27.9 Å². The smallest absolute Gasteiger partial charge is 0.167 e. The van der Waals surface area contributed by atoms with E-state index in [1.165, 1.54) is 0 Å². The number of aromatic nitrogens is 4. The maximum atomic E-state index is 6.03. The Labute approximate surface area is 160 Å². The number of ether oxygens (including phenoxy) is 1. The Morgan fingerprint density at radius 1 is 0.923 bits per heavy atom. The fraction of sp³-hybridized carbons (Fsp3) is 0.105. The van der Waals surface area contributed by atoms with E-state index in [0.717, 1.165) is 22.6 Å². The summed E-state index contributed by atoms with van der Waals surface area (Å²) in [6.45, 7) is 0. The lowest BCUT2D eigenvalue weighted by Gasteiger charge is -2.08. The Bertz CT molecular complexity index is 1050. The molecule has 0 amide bonds. The van der Waals surface area contributed by atoms with Crippen molar-refractivity contribution in [2.75, 3.05) is 7.11 Å². The van der Waals surface area contributed by atoms with Gasteiger partial charge in [-0.3, -0.25) is 0 Å². The van der Waals surface area contributed by atoms with Crippen molar-refractivity contribution in [3.05, 3.63) is 66.5 Å². The van der Waals surface area contributed by atoms with Crippen molar-refractivity contribution < 1.29 is 4.74 Å². The highest BCUT2D eigenvalue weighted by Crippen LogP contribution is 2.28. The number of rotatable bonds is 4. The molecule has 0 bridgehead atoms. The molecule has 0 spiro atoms. The van der Waals surface area contributed by atoms with Gasteiger partial charge in [0.05, 0.1) is 12.8 Å². The first-order valence-electron chi connectivity index (χ1n) is 7.91. The van der Waals surface area contributed by atoms with Crippen LogP contribution in [-0.2, 0) is 0 Å². The van der Waals surface area contributed by atoms with E-state index in [0.29, 0.717) is 17.3 Å². The third kappa shape index (κ3) is 3.11. The lowest BCUT2D eigenvalue weighted by atomic mass is 10.2. The first-order valence-corrected chi connectivity index (χ1v) is 8.79. The Kier molecular flexibility index (Phi) is 4.49. The molecule has 2 aromatic carbocycles. The van der Waals surface area contributed by atoms with Crippen LogP contribution >= 0.6 is 23.2 Å². The average Bonchev–Trinajstić information content (AvgIpc) is 3.12. The molecule has 0 saturated heterocycles. The minimum atomic E-state index is -0.827. The van der Waals surface area contributed by atoms with E-state index in [2.05, 4.69) is 15.1 Å². The van der Waals surface area contributed by atoms with Crippen molar-refractivity contribution >= 4 is 28.8 Å². The molecular formula is C19H14Cl2N4O. The summed E-state index contributed by atoms with van der Waals surface area (Å²) >= 11 is 12.1. The van der Waals surface area contributed by atoms with Crippen LogP contribution in [0.15, 0.2) is 60.7 Å². The van der Waals surface area contributed by atoms with Crippen molar-refractivity contribution in [2.45, 2.75) is 4.84 Å². The Morgan fingerprint density at radius 2 is 1.65 bits per heavy atom.